The molecule has 0 spiro atoms. The number of carbonyl (C=O) groups excluding carboxylic acids is 1. The Balaban J connectivity index is 1.82. The topological polar surface area (TPSA) is 47.2 Å². The normalized spacial score (nSPS) is 11.2. The molecule has 0 saturated heterocycles. The molecule has 0 aliphatic rings. The summed E-state index contributed by atoms with van der Waals surface area (Å²) in [6, 6.07) is 17.7. The van der Waals surface area contributed by atoms with Gasteiger partial charge in [-0.25, -0.2) is 4.99 Å². The molecule has 2 heterocycles. The number of hydrogen-bond acceptors (Lipinski definition) is 3. The molecule has 0 aliphatic carbocycles. The molecule has 0 unspecified atom stereocenters. The molecule has 190 valence electrons. The Hall–Kier alpha value is -3.99. The molecule has 2 aromatic carbocycles. The fourth-order valence-corrected chi connectivity index (χ4v) is 4.84. The van der Waals surface area contributed by atoms with Crippen LogP contribution in [0.3, 0.4) is 0 Å². The summed E-state index contributed by atoms with van der Waals surface area (Å²) in [6.07, 6.45) is 10.2. The highest BCUT2D eigenvalue weighted by Gasteiger charge is 2.16. The first-order valence-corrected chi connectivity index (χ1v) is 12.8. The number of benzene rings is 2. The molecule has 0 bridgehead atoms. The smallest absolute Gasteiger partial charge is 0.168 e. The summed E-state index contributed by atoms with van der Waals surface area (Å²) in [5.74, 6) is 0. The minimum Gasteiger partial charge on any atom is -0.336 e. The summed E-state index contributed by atoms with van der Waals surface area (Å²) >= 11 is 14.0. The number of nitrogens with zero attached hydrogens (tertiary/aromatic N) is 3. The largest absolute Gasteiger partial charge is 0.336 e. The molecular formula is C32H27Cl2N3O. The van der Waals surface area contributed by atoms with Gasteiger partial charge in [0.25, 0.3) is 0 Å². The van der Waals surface area contributed by atoms with Crippen molar-refractivity contribution in [3.05, 3.63) is 131 Å². The lowest BCUT2D eigenvalue weighted by Crippen LogP contribution is -2.16. The third kappa shape index (κ3) is 5.47. The van der Waals surface area contributed by atoms with Gasteiger partial charge in [-0.3, -0.25) is 9.78 Å². The monoisotopic (exact) mass is 539 g/mol. The van der Waals surface area contributed by atoms with Crippen LogP contribution in [0.1, 0.15) is 23.0 Å². The van der Waals surface area contributed by atoms with E-state index in [0.29, 0.717) is 22.2 Å². The van der Waals surface area contributed by atoms with Crippen molar-refractivity contribution in [2.45, 2.75) is 13.3 Å². The van der Waals surface area contributed by atoms with Crippen LogP contribution in [0, 0.1) is 0 Å². The minimum atomic E-state index is 0.447. The van der Waals surface area contributed by atoms with Gasteiger partial charge in [-0.1, -0.05) is 91.8 Å². The lowest BCUT2D eigenvalue weighted by atomic mass is 9.95. The molecule has 4 aromatic rings. The Morgan fingerprint density at radius 2 is 1.55 bits per heavy atom. The number of allylic oxidation sites excluding steroid dienone is 3. The van der Waals surface area contributed by atoms with Crippen molar-refractivity contribution in [1.82, 2.24) is 9.55 Å². The summed E-state index contributed by atoms with van der Waals surface area (Å²) in [6.45, 7) is 9.55. The molecule has 0 radical (unpaired) electrons. The Bertz CT molecular complexity index is 1640. The number of carbonyl (C=O) groups is 1. The van der Waals surface area contributed by atoms with E-state index in [2.05, 4.69) is 23.1 Å². The van der Waals surface area contributed by atoms with Crippen molar-refractivity contribution in [3.8, 4) is 33.4 Å². The molecule has 38 heavy (non-hydrogen) atoms. The maximum atomic E-state index is 11.3. The summed E-state index contributed by atoms with van der Waals surface area (Å²) in [5, 5.41) is 1.15. The van der Waals surface area contributed by atoms with Crippen LogP contribution in [0.25, 0.3) is 33.4 Å². The fraction of sp³-hybridized carbons (Fsp3) is 0.0938. The van der Waals surface area contributed by atoms with E-state index in [1.54, 1.807) is 24.5 Å². The second kappa shape index (κ2) is 12.0. The van der Waals surface area contributed by atoms with Gasteiger partial charge in [0.05, 0.1) is 10.0 Å². The minimum absolute atomic E-state index is 0.447. The van der Waals surface area contributed by atoms with Crippen LogP contribution in [-0.2, 0) is 13.5 Å². The molecule has 0 N–H and O–H groups in total. The molecule has 0 fully saturated rings. The fourth-order valence-electron chi connectivity index (χ4n) is 4.17. The summed E-state index contributed by atoms with van der Waals surface area (Å²) < 4.78 is 1.93. The molecular weight excluding hydrogens is 513 g/mol. The molecule has 0 saturated carbocycles. The van der Waals surface area contributed by atoms with E-state index in [9.17, 15) is 4.79 Å². The van der Waals surface area contributed by atoms with Gasteiger partial charge in [-0.05, 0) is 41.3 Å². The van der Waals surface area contributed by atoms with Crippen LogP contribution in [0.4, 0.5) is 0 Å². The Kier molecular flexibility index (Phi) is 8.57. The summed E-state index contributed by atoms with van der Waals surface area (Å²) in [5.41, 5.74) is 7.99. The highest BCUT2D eigenvalue weighted by atomic mass is 35.5. The van der Waals surface area contributed by atoms with Crippen LogP contribution in [0.5, 0.6) is 0 Å². The zero-order chi connectivity index (χ0) is 27.2. The second-order valence-corrected chi connectivity index (χ2v) is 9.38. The Morgan fingerprint density at radius 1 is 0.947 bits per heavy atom. The molecule has 2 aromatic heterocycles. The van der Waals surface area contributed by atoms with Crippen molar-refractivity contribution in [1.29, 1.82) is 0 Å². The first kappa shape index (κ1) is 27.1. The Labute approximate surface area is 232 Å². The predicted molar refractivity (Wildman–Crippen MR) is 158 cm³/mol. The van der Waals surface area contributed by atoms with Gasteiger partial charge < -0.3 is 4.57 Å². The standard InChI is InChI=1S/C32H27Cl2N3O/c1-5-21(6-2)18-36-30-17-23(14-15-37(30)4)25-10-8-12-27(31(25)33)28-13-9-11-26(32(28)34)24-16-22(7-3)29(20-38)35-19-24/h5-6,8-20H,1-2,7H2,3-4H3/b36-30-. The van der Waals surface area contributed by atoms with Gasteiger partial charge in [0, 0.05) is 53.5 Å². The van der Waals surface area contributed by atoms with Crippen LogP contribution < -0.4 is 5.49 Å². The van der Waals surface area contributed by atoms with E-state index in [1.807, 2.05) is 79.3 Å². The van der Waals surface area contributed by atoms with Crippen molar-refractivity contribution in [3.63, 3.8) is 0 Å². The van der Waals surface area contributed by atoms with Gasteiger partial charge in [-0.2, -0.15) is 0 Å². The van der Waals surface area contributed by atoms with Crippen molar-refractivity contribution in [2.75, 3.05) is 0 Å². The molecule has 0 aliphatic heterocycles. The van der Waals surface area contributed by atoms with Gasteiger partial charge in [0.1, 0.15) is 11.2 Å². The number of hydrogen-bond donors (Lipinski definition) is 0. The van der Waals surface area contributed by atoms with E-state index in [4.69, 9.17) is 23.2 Å². The zero-order valence-corrected chi connectivity index (χ0v) is 22.8. The number of aldehydes is 1. The lowest BCUT2D eigenvalue weighted by molar-refractivity contribution is 0.111. The lowest BCUT2D eigenvalue weighted by Gasteiger charge is -2.15. The summed E-state index contributed by atoms with van der Waals surface area (Å²) in [4.78, 5) is 20.3. The average Bonchev–Trinajstić information content (AvgIpc) is 2.94. The third-order valence-electron chi connectivity index (χ3n) is 6.34. The van der Waals surface area contributed by atoms with Crippen LogP contribution in [0.2, 0.25) is 10.0 Å². The molecule has 4 rings (SSSR count). The number of pyridine rings is 2. The number of aromatic nitrogens is 2. The van der Waals surface area contributed by atoms with E-state index in [-0.39, 0.29) is 0 Å². The quantitative estimate of drug-likeness (QED) is 0.167. The zero-order valence-electron chi connectivity index (χ0n) is 21.3. The third-order valence-corrected chi connectivity index (χ3v) is 7.16. The van der Waals surface area contributed by atoms with Gasteiger partial charge in [0.2, 0.25) is 0 Å². The highest BCUT2D eigenvalue weighted by Crippen LogP contribution is 2.42. The van der Waals surface area contributed by atoms with E-state index < -0.39 is 0 Å². The van der Waals surface area contributed by atoms with Crippen LogP contribution >= 0.6 is 23.2 Å². The van der Waals surface area contributed by atoms with Crippen molar-refractivity contribution < 1.29 is 4.79 Å². The van der Waals surface area contributed by atoms with E-state index >= 15 is 0 Å². The number of halogens is 2. The maximum absolute atomic E-state index is 11.3. The predicted octanol–water partition coefficient (Wildman–Crippen LogP) is 8.26. The van der Waals surface area contributed by atoms with Crippen molar-refractivity contribution in [2.24, 2.45) is 12.0 Å². The van der Waals surface area contributed by atoms with Gasteiger partial charge in [0.15, 0.2) is 6.29 Å². The maximum Gasteiger partial charge on any atom is 0.168 e. The number of rotatable bonds is 8. The van der Waals surface area contributed by atoms with Gasteiger partial charge in [-0.15, -0.1) is 0 Å². The molecule has 6 heteroatoms. The first-order valence-electron chi connectivity index (χ1n) is 12.1. The van der Waals surface area contributed by atoms with Crippen LogP contribution in [0.15, 0.2) is 109 Å². The van der Waals surface area contributed by atoms with E-state index in [1.165, 1.54) is 0 Å². The number of aryl methyl sites for hydroxylation is 2. The first-order chi connectivity index (χ1) is 18.4. The average molecular weight is 540 g/mol. The van der Waals surface area contributed by atoms with E-state index in [0.717, 1.165) is 56.3 Å². The molecule has 0 amide bonds. The highest BCUT2D eigenvalue weighted by molar-refractivity contribution is 6.39. The SMILES string of the molecule is C=CC(C=C)=C/N=c1/cc(-c2cccc(-c3cccc(-c4cnc(C=O)c(CC)c4)c3Cl)c2Cl)ccn1C. The van der Waals surface area contributed by atoms with Crippen molar-refractivity contribution >= 4 is 29.5 Å². The van der Waals surface area contributed by atoms with Gasteiger partial charge >= 0.3 is 0 Å². The van der Waals surface area contributed by atoms with Crippen LogP contribution in [-0.4, -0.2) is 15.8 Å². The second-order valence-electron chi connectivity index (χ2n) is 8.62. The summed E-state index contributed by atoms with van der Waals surface area (Å²) in [7, 11) is 1.93. The molecule has 0 atom stereocenters. The Morgan fingerprint density at radius 3 is 2.13 bits per heavy atom. The molecule has 4 nitrogen and oxygen atoms in total.